The molecule has 4 nitrogen and oxygen atoms in total. The van der Waals surface area contributed by atoms with Gasteiger partial charge in [-0.1, -0.05) is 60.7 Å². The van der Waals surface area contributed by atoms with Gasteiger partial charge in [-0.25, -0.2) is 0 Å². The third-order valence-electron chi connectivity index (χ3n) is 4.63. The van der Waals surface area contributed by atoms with Crippen molar-refractivity contribution >= 4 is 23.7 Å². The van der Waals surface area contributed by atoms with Crippen LogP contribution in [0.1, 0.15) is 28.1 Å². The highest BCUT2D eigenvalue weighted by molar-refractivity contribution is 6.02. The molecule has 28 heavy (non-hydrogen) atoms. The van der Waals surface area contributed by atoms with Gasteiger partial charge in [0.25, 0.3) is 0 Å². The average Bonchev–Trinajstić information content (AvgIpc) is 2.96. The van der Waals surface area contributed by atoms with E-state index in [-0.39, 0.29) is 5.91 Å². The molecule has 1 heterocycles. The predicted molar refractivity (Wildman–Crippen MR) is 116 cm³/mol. The van der Waals surface area contributed by atoms with Crippen LogP contribution >= 0.6 is 0 Å². The fourth-order valence-electron chi connectivity index (χ4n) is 3.03. The molecule has 4 heteroatoms. The Morgan fingerprint density at radius 1 is 1.00 bits per heavy atom. The number of benzene rings is 2. The fraction of sp³-hybridized carbons (Fsp3) is 0.167. The second-order valence-corrected chi connectivity index (χ2v) is 6.72. The Balaban J connectivity index is 1.67. The highest BCUT2D eigenvalue weighted by Gasteiger charge is 2.09. The van der Waals surface area contributed by atoms with E-state index in [2.05, 4.69) is 34.7 Å². The zero-order valence-electron chi connectivity index (χ0n) is 16.5. The lowest BCUT2D eigenvalue weighted by molar-refractivity contribution is -0.111. The topological polar surface area (TPSA) is 46.9 Å². The summed E-state index contributed by atoms with van der Waals surface area (Å²) in [6.07, 6.45) is 7.57. The van der Waals surface area contributed by atoms with Crippen molar-refractivity contribution in [3.8, 4) is 0 Å². The van der Waals surface area contributed by atoms with Crippen molar-refractivity contribution < 1.29 is 4.79 Å². The van der Waals surface area contributed by atoms with Gasteiger partial charge >= 0.3 is 0 Å². The first kappa shape index (κ1) is 19.4. The number of nitrogens with zero attached hydrogens (tertiary/aromatic N) is 2. The summed E-state index contributed by atoms with van der Waals surface area (Å²) in [5.41, 5.74) is 5.95. The van der Waals surface area contributed by atoms with Crippen molar-refractivity contribution in [3.63, 3.8) is 0 Å². The van der Waals surface area contributed by atoms with Crippen LogP contribution in [0.3, 0.4) is 0 Å². The van der Waals surface area contributed by atoms with Crippen molar-refractivity contribution in [1.82, 2.24) is 9.78 Å². The van der Waals surface area contributed by atoms with Gasteiger partial charge in [-0.05, 0) is 44.0 Å². The standard InChI is InChI=1S/C24H25N3O/c1-18-10-7-8-14-23(18)25-24(28)16-15-22-19(2)26-27(20(22)3)17-9-13-21-11-5-4-6-12-21/h4-16H,17H2,1-3H3,(H,25,28)/b13-9+,16-15+. The van der Waals surface area contributed by atoms with Crippen LogP contribution in [0.15, 0.2) is 66.7 Å². The number of nitrogens with one attached hydrogen (secondary N) is 1. The minimum Gasteiger partial charge on any atom is -0.322 e. The number of para-hydroxylation sites is 1. The van der Waals surface area contributed by atoms with Crippen LogP contribution in [0.25, 0.3) is 12.2 Å². The number of carbonyl (C=O) groups excluding carboxylic acids is 1. The van der Waals surface area contributed by atoms with E-state index in [0.29, 0.717) is 6.54 Å². The maximum atomic E-state index is 12.3. The van der Waals surface area contributed by atoms with E-state index in [1.165, 1.54) is 0 Å². The first-order chi connectivity index (χ1) is 13.5. The summed E-state index contributed by atoms with van der Waals surface area (Å²) in [5.74, 6) is -0.148. The smallest absolute Gasteiger partial charge is 0.248 e. The van der Waals surface area contributed by atoms with Crippen molar-refractivity contribution in [1.29, 1.82) is 0 Å². The van der Waals surface area contributed by atoms with E-state index in [0.717, 1.165) is 33.8 Å². The van der Waals surface area contributed by atoms with Crippen molar-refractivity contribution in [3.05, 3.63) is 94.8 Å². The van der Waals surface area contributed by atoms with E-state index in [4.69, 9.17) is 0 Å². The Bertz CT molecular complexity index is 1010. The SMILES string of the molecule is Cc1ccccc1NC(=O)/C=C/c1c(C)nn(C/C=C/c2ccccc2)c1C. The normalized spacial score (nSPS) is 11.4. The van der Waals surface area contributed by atoms with Crippen LogP contribution < -0.4 is 5.32 Å². The van der Waals surface area contributed by atoms with E-state index < -0.39 is 0 Å². The van der Waals surface area contributed by atoms with E-state index in [9.17, 15) is 4.79 Å². The quantitative estimate of drug-likeness (QED) is 0.607. The number of carbonyl (C=O) groups is 1. The molecule has 0 aliphatic carbocycles. The first-order valence-corrected chi connectivity index (χ1v) is 9.35. The minimum absolute atomic E-state index is 0.148. The summed E-state index contributed by atoms with van der Waals surface area (Å²) in [6, 6.07) is 17.9. The Morgan fingerprint density at radius 2 is 1.71 bits per heavy atom. The number of aromatic nitrogens is 2. The van der Waals surface area contributed by atoms with Gasteiger partial charge in [0.05, 0.1) is 12.2 Å². The molecule has 0 atom stereocenters. The average molecular weight is 371 g/mol. The number of rotatable bonds is 6. The van der Waals surface area contributed by atoms with Gasteiger partial charge in [0.1, 0.15) is 0 Å². The lowest BCUT2D eigenvalue weighted by Crippen LogP contribution is -2.08. The summed E-state index contributed by atoms with van der Waals surface area (Å²) in [5, 5.41) is 7.51. The third-order valence-corrected chi connectivity index (χ3v) is 4.63. The molecule has 1 aromatic heterocycles. The molecule has 1 amide bonds. The zero-order chi connectivity index (χ0) is 19.9. The zero-order valence-corrected chi connectivity index (χ0v) is 16.5. The molecule has 1 N–H and O–H groups in total. The predicted octanol–water partition coefficient (Wildman–Crippen LogP) is 5.17. The van der Waals surface area contributed by atoms with Crippen molar-refractivity contribution in [2.24, 2.45) is 0 Å². The molecular weight excluding hydrogens is 346 g/mol. The Labute approximate surface area is 166 Å². The Morgan fingerprint density at radius 3 is 2.46 bits per heavy atom. The summed E-state index contributed by atoms with van der Waals surface area (Å²) >= 11 is 0. The molecule has 0 bridgehead atoms. The van der Waals surface area contributed by atoms with Crippen LogP contribution in [0.4, 0.5) is 5.69 Å². The number of anilines is 1. The maximum Gasteiger partial charge on any atom is 0.248 e. The summed E-state index contributed by atoms with van der Waals surface area (Å²) < 4.78 is 1.95. The lowest BCUT2D eigenvalue weighted by atomic mass is 10.1. The maximum absolute atomic E-state index is 12.3. The third kappa shape index (κ3) is 4.86. The van der Waals surface area contributed by atoms with Crippen LogP contribution in [-0.2, 0) is 11.3 Å². The lowest BCUT2D eigenvalue weighted by Gasteiger charge is -2.05. The molecule has 0 aliphatic rings. The number of hydrogen-bond donors (Lipinski definition) is 1. The molecular formula is C24H25N3O. The highest BCUT2D eigenvalue weighted by atomic mass is 16.1. The summed E-state index contributed by atoms with van der Waals surface area (Å²) in [4.78, 5) is 12.3. The van der Waals surface area contributed by atoms with Crippen LogP contribution in [0.2, 0.25) is 0 Å². The summed E-state index contributed by atoms with van der Waals surface area (Å²) in [6.45, 7) is 6.64. The van der Waals surface area contributed by atoms with Gasteiger partial charge in [0.15, 0.2) is 0 Å². The highest BCUT2D eigenvalue weighted by Crippen LogP contribution is 2.16. The fourth-order valence-corrected chi connectivity index (χ4v) is 3.03. The van der Waals surface area contributed by atoms with Gasteiger partial charge in [-0.2, -0.15) is 5.10 Å². The van der Waals surface area contributed by atoms with E-state index >= 15 is 0 Å². The van der Waals surface area contributed by atoms with Crippen LogP contribution in [0.5, 0.6) is 0 Å². The monoisotopic (exact) mass is 371 g/mol. The minimum atomic E-state index is -0.148. The molecule has 0 saturated heterocycles. The molecule has 0 radical (unpaired) electrons. The number of amides is 1. The molecule has 3 rings (SSSR count). The largest absolute Gasteiger partial charge is 0.322 e. The van der Waals surface area contributed by atoms with E-state index in [1.807, 2.05) is 74.0 Å². The molecule has 0 unspecified atom stereocenters. The van der Waals surface area contributed by atoms with Crippen LogP contribution in [0, 0.1) is 20.8 Å². The van der Waals surface area contributed by atoms with Crippen molar-refractivity contribution in [2.75, 3.05) is 5.32 Å². The molecule has 2 aromatic carbocycles. The Hall–Kier alpha value is -3.40. The molecule has 0 aliphatic heterocycles. The Kier molecular flexibility index (Phi) is 6.22. The molecule has 0 saturated carbocycles. The number of aryl methyl sites for hydroxylation is 2. The molecule has 0 fully saturated rings. The van der Waals surface area contributed by atoms with Gasteiger partial charge in [-0.3, -0.25) is 9.48 Å². The second kappa shape index (κ2) is 9.00. The summed E-state index contributed by atoms with van der Waals surface area (Å²) in [7, 11) is 0. The number of hydrogen-bond acceptors (Lipinski definition) is 2. The molecule has 142 valence electrons. The van der Waals surface area contributed by atoms with Gasteiger partial charge in [0.2, 0.25) is 5.91 Å². The van der Waals surface area contributed by atoms with Gasteiger partial charge in [0, 0.05) is 23.0 Å². The van der Waals surface area contributed by atoms with E-state index in [1.54, 1.807) is 6.08 Å². The number of allylic oxidation sites excluding steroid dienone is 1. The molecule has 0 spiro atoms. The van der Waals surface area contributed by atoms with Crippen LogP contribution in [-0.4, -0.2) is 15.7 Å². The first-order valence-electron chi connectivity index (χ1n) is 9.35. The second-order valence-electron chi connectivity index (χ2n) is 6.72. The van der Waals surface area contributed by atoms with Gasteiger partial charge < -0.3 is 5.32 Å². The molecule has 3 aromatic rings. The van der Waals surface area contributed by atoms with Crippen molar-refractivity contribution in [2.45, 2.75) is 27.3 Å². The van der Waals surface area contributed by atoms with Gasteiger partial charge in [-0.15, -0.1) is 0 Å².